The highest BCUT2D eigenvalue weighted by Crippen LogP contribution is 2.23. The molecule has 1 aromatic carbocycles. The van der Waals surface area contributed by atoms with Crippen molar-refractivity contribution in [3.05, 3.63) is 29.3 Å². The fourth-order valence-electron chi connectivity index (χ4n) is 2.02. The lowest BCUT2D eigenvalue weighted by Crippen LogP contribution is -2.17. The third-order valence-corrected chi connectivity index (χ3v) is 4.43. The van der Waals surface area contributed by atoms with Gasteiger partial charge in [0.05, 0.1) is 19.0 Å². The predicted octanol–water partition coefficient (Wildman–Crippen LogP) is 2.50. The fourth-order valence-corrected chi connectivity index (χ4v) is 3.19. The minimum atomic E-state index is -3.40. The number of benzene rings is 1. The van der Waals surface area contributed by atoms with E-state index in [1.807, 2.05) is 13.0 Å². The molecule has 0 bridgehead atoms. The number of rotatable bonds is 6. The molecular formula is C13H17FN2O2S. The van der Waals surface area contributed by atoms with E-state index in [1.165, 1.54) is 0 Å². The number of nitrogens with one attached hydrogen (secondary N) is 1. The minimum absolute atomic E-state index is 0.0545. The third kappa shape index (κ3) is 3.53. The van der Waals surface area contributed by atoms with Gasteiger partial charge in [0.25, 0.3) is 0 Å². The Morgan fingerprint density at radius 1 is 1.37 bits per heavy atom. The molecule has 0 saturated carbocycles. The molecule has 0 atom stereocenters. The van der Waals surface area contributed by atoms with E-state index in [4.69, 9.17) is 0 Å². The van der Waals surface area contributed by atoms with Crippen LogP contribution in [0.5, 0.6) is 0 Å². The molecule has 1 aromatic rings. The monoisotopic (exact) mass is 284 g/mol. The lowest BCUT2D eigenvalue weighted by Gasteiger charge is -2.09. The molecule has 1 N–H and O–H groups in total. The van der Waals surface area contributed by atoms with Gasteiger partial charge in [-0.1, -0.05) is 6.07 Å². The van der Waals surface area contributed by atoms with Gasteiger partial charge in [0, 0.05) is 17.0 Å². The number of halogens is 1. The third-order valence-electron chi connectivity index (χ3n) is 3.06. The molecule has 1 aliphatic rings. The summed E-state index contributed by atoms with van der Waals surface area (Å²) in [5.41, 5.74) is 3.56. The van der Waals surface area contributed by atoms with Gasteiger partial charge in [0.2, 0.25) is 10.0 Å². The van der Waals surface area contributed by atoms with Crippen LogP contribution < -0.4 is 4.72 Å². The van der Waals surface area contributed by atoms with E-state index in [1.54, 1.807) is 12.1 Å². The summed E-state index contributed by atoms with van der Waals surface area (Å²) in [6.45, 7) is 2.08. The van der Waals surface area contributed by atoms with Gasteiger partial charge in [-0.05, 0) is 37.5 Å². The molecule has 19 heavy (non-hydrogen) atoms. The van der Waals surface area contributed by atoms with Crippen molar-refractivity contribution in [1.82, 2.24) is 0 Å². The summed E-state index contributed by atoms with van der Waals surface area (Å²) in [6.07, 6.45) is 0.605. The zero-order valence-electron chi connectivity index (χ0n) is 10.8. The standard InChI is InChI=1S/C13H17FN2O2S/c1-10-13-8-12(5-4-11(13)9-15-10)16-19(17,18)7-3-2-6-14/h4-5,8,16H,2-3,6-7,9H2,1H3. The Balaban J connectivity index is 2.07. The van der Waals surface area contributed by atoms with Crippen molar-refractivity contribution < 1.29 is 12.8 Å². The normalized spacial score (nSPS) is 14.1. The maximum Gasteiger partial charge on any atom is 0.232 e. The lowest BCUT2D eigenvalue weighted by atomic mass is 10.1. The molecule has 0 radical (unpaired) electrons. The van der Waals surface area contributed by atoms with Crippen molar-refractivity contribution in [3.63, 3.8) is 0 Å². The first kappa shape index (κ1) is 14.0. The Kier molecular flexibility index (Phi) is 4.19. The van der Waals surface area contributed by atoms with E-state index >= 15 is 0 Å². The number of fused-ring (bicyclic) bond motifs is 1. The summed E-state index contributed by atoms with van der Waals surface area (Å²) in [5, 5.41) is 0. The van der Waals surface area contributed by atoms with Gasteiger partial charge in [-0.15, -0.1) is 0 Å². The van der Waals surface area contributed by atoms with Gasteiger partial charge in [-0.25, -0.2) is 8.42 Å². The molecule has 4 nitrogen and oxygen atoms in total. The van der Waals surface area contributed by atoms with Crippen LogP contribution in [0.25, 0.3) is 0 Å². The van der Waals surface area contributed by atoms with Crippen molar-refractivity contribution in [1.29, 1.82) is 0 Å². The molecule has 0 saturated heterocycles. The number of unbranched alkanes of at least 4 members (excludes halogenated alkanes) is 1. The molecular weight excluding hydrogens is 267 g/mol. The second-order valence-corrected chi connectivity index (χ2v) is 6.43. The first-order valence-corrected chi connectivity index (χ1v) is 7.88. The molecule has 0 unspecified atom stereocenters. The van der Waals surface area contributed by atoms with Crippen molar-refractivity contribution in [3.8, 4) is 0 Å². The number of nitrogens with zero attached hydrogens (tertiary/aromatic N) is 1. The molecule has 6 heteroatoms. The number of aliphatic imine (C=N–C) groups is 1. The quantitative estimate of drug-likeness (QED) is 0.816. The summed E-state index contributed by atoms with van der Waals surface area (Å²) in [7, 11) is -3.40. The molecule has 0 fully saturated rings. The first-order valence-electron chi connectivity index (χ1n) is 6.22. The summed E-state index contributed by atoms with van der Waals surface area (Å²) >= 11 is 0. The van der Waals surface area contributed by atoms with Gasteiger partial charge in [-0.3, -0.25) is 14.1 Å². The van der Waals surface area contributed by atoms with Gasteiger partial charge in [-0.2, -0.15) is 0 Å². The number of anilines is 1. The van der Waals surface area contributed by atoms with Crippen LogP contribution >= 0.6 is 0 Å². The summed E-state index contributed by atoms with van der Waals surface area (Å²) in [5.74, 6) is -0.0545. The lowest BCUT2D eigenvalue weighted by molar-refractivity contribution is 0.468. The van der Waals surface area contributed by atoms with Crippen molar-refractivity contribution in [2.45, 2.75) is 26.3 Å². The average Bonchev–Trinajstić information content (AvgIpc) is 2.71. The Morgan fingerprint density at radius 3 is 2.89 bits per heavy atom. The highest BCUT2D eigenvalue weighted by Gasteiger charge is 2.15. The topological polar surface area (TPSA) is 58.5 Å². The van der Waals surface area contributed by atoms with Crippen LogP contribution in [0.4, 0.5) is 10.1 Å². The summed E-state index contributed by atoms with van der Waals surface area (Å²) in [6, 6.07) is 5.42. The molecule has 0 amide bonds. The first-order chi connectivity index (χ1) is 9.02. The van der Waals surface area contributed by atoms with Crippen LogP contribution in [0.15, 0.2) is 23.2 Å². The maximum atomic E-state index is 12.0. The predicted molar refractivity (Wildman–Crippen MR) is 75.0 cm³/mol. The van der Waals surface area contributed by atoms with Crippen molar-refractivity contribution in [2.75, 3.05) is 17.1 Å². The van der Waals surface area contributed by atoms with Crippen LogP contribution in [0.3, 0.4) is 0 Å². The number of alkyl halides is 1. The Morgan fingerprint density at radius 2 is 2.16 bits per heavy atom. The van der Waals surface area contributed by atoms with Crippen LogP contribution in [-0.2, 0) is 16.6 Å². The van der Waals surface area contributed by atoms with Crippen LogP contribution in [-0.4, -0.2) is 26.6 Å². The zero-order valence-corrected chi connectivity index (χ0v) is 11.6. The molecule has 0 spiro atoms. The maximum absolute atomic E-state index is 12.0. The van der Waals surface area contributed by atoms with Gasteiger partial charge >= 0.3 is 0 Å². The van der Waals surface area contributed by atoms with Crippen LogP contribution in [0.2, 0.25) is 0 Å². The van der Waals surface area contributed by atoms with E-state index in [2.05, 4.69) is 9.71 Å². The van der Waals surface area contributed by atoms with E-state index in [0.717, 1.165) is 16.8 Å². The van der Waals surface area contributed by atoms with Gasteiger partial charge < -0.3 is 0 Å². The van der Waals surface area contributed by atoms with E-state index in [-0.39, 0.29) is 12.2 Å². The summed E-state index contributed by atoms with van der Waals surface area (Å²) in [4.78, 5) is 4.30. The zero-order chi connectivity index (χ0) is 13.9. The van der Waals surface area contributed by atoms with E-state index in [0.29, 0.717) is 18.7 Å². The van der Waals surface area contributed by atoms with Gasteiger partial charge in [0.1, 0.15) is 0 Å². The average molecular weight is 284 g/mol. The van der Waals surface area contributed by atoms with Crippen molar-refractivity contribution in [2.24, 2.45) is 4.99 Å². The van der Waals surface area contributed by atoms with E-state index < -0.39 is 16.7 Å². The molecule has 1 heterocycles. The molecule has 2 rings (SSSR count). The Labute approximate surface area is 112 Å². The summed E-state index contributed by atoms with van der Waals surface area (Å²) < 4.78 is 38.1. The van der Waals surface area contributed by atoms with Crippen LogP contribution in [0, 0.1) is 0 Å². The number of sulfonamides is 1. The second-order valence-electron chi connectivity index (χ2n) is 4.59. The Bertz CT molecular complexity index is 597. The Hall–Kier alpha value is -1.43. The van der Waals surface area contributed by atoms with Crippen LogP contribution in [0.1, 0.15) is 30.9 Å². The smallest absolute Gasteiger partial charge is 0.232 e. The fraction of sp³-hybridized carbons (Fsp3) is 0.462. The minimum Gasteiger partial charge on any atom is -0.285 e. The number of hydrogen-bond acceptors (Lipinski definition) is 3. The molecule has 0 aromatic heterocycles. The molecule has 0 aliphatic carbocycles. The van der Waals surface area contributed by atoms with E-state index in [9.17, 15) is 12.8 Å². The highest BCUT2D eigenvalue weighted by molar-refractivity contribution is 7.92. The molecule has 1 aliphatic heterocycles. The van der Waals surface area contributed by atoms with Crippen molar-refractivity contribution >= 4 is 21.4 Å². The molecule has 104 valence electrons. The SMILES string of the molecule is CC1=NCc2ccc(NS(=O)(=O)CCCCF)cc21. The highest BCUT2D eigenvalue weighted by atomic mass is 32.2. The second kappa shape index (κ2) is 5.69. The number of hydrogen-bond donors (Lipinski definition) is 1. The van der Waals surface area contributed by atoms with Gasteiger partial charge in [0.15, 0.2) is 0 Å². The largest absolute Gasteiger partial charge is 0.285 e.